The van der Waals surface area contributed by atoms with Crippen LogP contribution in [0.15, 0.2) is 0 Å². The van der Waals surface area contributed by atoms with Crippen LogP contribution in [-0.4, -0.2) is 21.5 Å². The number of hydrogen-bond donors (Lipinski definition) is 1. The number of ether oxygens (including phenoxy) is 1. The third-order valence-electron chi connectivity index (χ3n) is 3.70. The first-order valence-corrected chi connectivity index (χ1v) is 7.28. The summed E-state index contributed by atoms with van der Waals surface area (Å²) in [5.74, 6) is 1.57. The topological polar surface area (TPSA) is 61.0 Å². The molecule has 0 radical (unpaired) electrons. The molecule has 17 heavy (non-hydrogen) atoms. The average Bonchev–Trinajstić information content (AvgIpc) is 3.07. The second-order valence-corrected chi connectivity index (χ2v) is 6.12. The predicted octanol–water partition coefficient (Wildman–Crippen LogP) is 2.46. The Bertz CT molecular complexity index is 383. The first kappa shape index (κ1) is 11.4. The highest BCUT2D eigenvalue weighted by atomic mass is 32.1. The van der Waals surface area contributed by atoms with Crippen LogP contribution in [0.5, 0.6) is 5.19 Å². The SMILES string of the molecule is NC1(COc2nc(C3CC3)ns2)CCCCC1. The van der Waals surface area contributed by atoms with Gasteiger partial charge in [0.15, 0.2) is 0 Å². The van der Waals surface area contributed by atoms with Crippen molar-refractivity contribution in [2.75, 3.05) is 6.61 Å². The van der Waals surface area contributed by atoms with Crippen LogP contribution in [0.3, 0.4) is 0 Å². The Kier molecular flexibility index (Phi) is 3.04. The van der Waals surface area contributed by atoms with Gasteiger partial charge in [-0.1, -0.05) is 19.3 Å². The Morgan fingerprint density at radius 1 is 1.29 bits per heavy atom. The van der Waals surface area contributed by atoms with Gasteiger partial charge in [-0.3, -0.25) is 0 Å². The van der Waals surface area contributed by atoms with E-state index in [-0.39, 0.29) is 5.54 Å². The lowest BCUT2D eigenvalue weighted by Gasteiger charge is -2.32. The van der Waals surface area contributed by atoms with Crippen molar-refractivity contribution in [3.63, 3.8) is 0 Å². The smallest absolute Gasteiger partial charge is 0.293 e. The van der Waals surface area contributed by atoms with E-state index < -0.39 is 0 Å². The summed E-state index contributed by atoms with van der Waals surface area (Å²) in [6.07, 6.45) is 8.37. The van der Waals surface area contributed by atoms with E-state index in [0.29, 0.717) is 17.7 Å². The van der Waals surface area contributed by atoms with Crippen molar-refractivity contribution in [2.45, 2.75) is 56.4 Å². The van der Waals surface area contributed by atoms with Crippen molar-refractivity contribution in [2.24, 2.45) is 5.73 Å². The molecule has 94 valence electrons. The molecule has 5 heteroatoms. The maximum atomic E-state index is 6.32. The second-order valence-electron chi connectivity index (χ2n) is 5.40. The molecule has 1 heterocycles. The van der Waals surface area contributed by atoms with Crippen LogP contribution >= 0.6 is 11.5 Å². The zero-order chi connectivity index (χ0) is 11.7. The van der Waals surface area contributed by atoms with E-state index in [4.69, 9.17) is 10.5 Å². The summed E-state index contributed by atoms with van der Waals surface area (Å²) >= 11 is 1.37. The Labute approximate surface area is 106 Å². The van der Waals surface area contributed by atoms with Gasteiger partial charge in [0.2, 0.25) is 0 Å². The van der Waals surface area contributed by atoms with Crippen LogP contribution in [0, 0.1) is 0 Å². The molecule has 0 aromatic carbocycles. The first-order valence-electron chi connectivity index (χ1n) is 6.50. The highest BCUT2D eigenvalue weighted by molar-refractivity contribution is 7.07. The van der Waals surface area contributed by atoms with E-state index in [2.05, 4.69) is 9.36 Å². The zero-order valence-electron chi connectivity index (χ0n) is 10.0. The summed E-state index contributed by atoms with van der Waals surface area (Å²) < 4.78 is 10.1. The van der Waals surface area contributed by atoms with E-state index in [1.165, 1.54) is 43.6 Å². The molecule has 2 aliphatic rings. The molecule has 0 atom stereocenters. The van der Waals surface area contributed by atoms with Gasteiger partial charge in [0, 0.05) is 17.5 Å². The molecule has 3 rings (SSSR count). The number of nitrogens with zero attached hydrogens (tertiary/aromatic N) is 2. The highest BCUT2D eigenvalue weighted by Gasteiger charge is 2.30. The van der Waals surface area contributed by atoms with Crippen molar-refractivity contribution >= 4 is 11.5 Å². The largest absolute Gasteiger partial charge is 0.467 e. The lowest BCUT2D eigenvalue weighted by atomic mass is 9.83. The summed E-state index contributed by atoms with van der Waals surface area (Å²) in [5, 5.41) is 0.697. The van der Waals surface area contributed by atoms with Crippen molar-refractivity contribution in [3.8, 4) is 5.19 Å². The van der Waals surface area contributed by atoms with Gasteiger partial charge in [-0.25, -0.2) is 0 Å². The van der Waals surface area contributed by atoms with Crippen LogP contribution in [0.4, 0.5) is 0 Å². The number of rotatable bonds is 4. The maximum absolute atomic E-state index is 6.32. The maximum Gasteiger partial charge on any atom is 0.293 e. The Morgan fingerprint density at radius 3 is 2.76 bits per heavy atom. The molecule has 0 bridgehead atoms. The molecule has 1 aromatic rings. The third kappa shape index (κ3) is 2.77. The summed E-state index contributed by atoms with van der Waals surface area (Å²) in [4.78, 5) is 4.42. The molecule has 0 unspecified atom stereocenters. The number of aromatic nitrogens is 2. The molecule has 2 N–H and O–H groups in total. The fourth-order valence-corrected chi connectivity index (χ4v) is 3.00. The van der Waals surface area contributed by atoms with Crippen LogP contribution in [0.25, 0.3) is 0 Å². The first-order chi connectivity index (χ1) is 8.25. The van der Waals surface area contributed by atoms with Crippen LogP contribution in [0.2, 0.25) is 0 Å². The minimum atomic E-state index is -0.135. The molecular formula is C12H19N3OS. The van der Waals surface area contributed by atoms with Crippen molar-refractivity contribution in [3.05, 3.63) is 5.82 Å². The lowest BCUT2D eigenvalue weighted by Crippen LogP contribution is -2.47. The molecule has 1 aromatic heterocycles. The van der Waals surface area contributed by atoms with Gasteiger partial charge in [-0.05, 0) is 25.7 Å². The Morgan fingerprint density at radius 2 is 2.06 bits per heavy atom. The second kappa shape index (κ2) is 4.53. The normalized spacial score (nSPS) is 23.6. The summed E-state index contributed by atoms with van der Waals surface area (Å²) in [6.45, 7) is 0.590. The summed E-state index contributed by atoms with van der Waals surface area (Å²) in [6, 6.07) is 0. The van der Waals surface area contributed by atoms with E-state index >= 15 is 0 Å². The minimum absolute atomic E-state index is 0.135. The standard InChI is InChI=1S/C12H19N3OS/c13-12(6-2-1-3-7-12)8-16-11-14-10(15-17-11)9-4-5-9/h9H,1-8,13H2. The fourth-order valence-electron chi connectivity index (χ4n) is 2.39. The van der Waals surface area contributed by atoms with E-state index in [0.717, 1.165) is 18.7 Å². The minimum Gasteiger partial charge on any atom is -0.467 e. The van der Waals surface area contributed by atoms with Gasteiger partial charge in [0.05, 0.1) is 5.54 Å². The molecule has 0 spiro atoms. The number of nitrogens with two attached hydrogens (primary N) is 1. The molecular weight excluding hydrogens is 234 g/mol. The van der Waals surface area contributed by atoms with Gasteiger partial charge < -0.3 is 10.5 Å². The summed E-state index contributed by atoms with van der Waals surface area (Å²) in [5.41, 5.74) is 6.18. The molecule has 0 aliphatic heterocycles. The van der Waals surface area contributed by atoms with Crippen molar-refractivity contribution < 1.29 is 4.74 Å². The Balaban J connectivity index is 1.55. The Hall–Kier alpha value is -0.680. The van der Waals surface area contributed by atoms with E-state index in [9.17, 15) is 0 Å². The summed E-state index contributed by atoms with van der Waals surface area (Å²) in [7, 11) is 0. The zero-order valence-corrected chi connectivity index (χ0v) is 10.8. The molecule has 4 nitrogen and oxygen atoms in total. The van der Waals surface area contributed by atoms with Crippen molar-refractivity contribution in [1.29, 1.82) is 0 Å². The molecule has 0 amide bonds. The molecule has 2 fully saturated rings. The molecule has 2 saturated carbocycles. The van der Waals surface area contributed by atoms with Crippen LogP contribution in [-0.2, 0) is 0 Å². The van der Waals surface area contributed by atoms with Crippen molar-refractivity contribution in [1.82, 2.24) is 9.36 Å². The third-order valence-corrected chi connectivity index (χ3v) is 4.34. The number of hydrogen-bond acceptors (Lipinski definition) is 5. The van der Waals surface area contributed by atoms with E-state index in [1.807, 2.05) is 0 Å². The quantitative estimate of drug-likeness (QED) is 0.895. The molecule has 0 saturated heterocycles. The average molecular weight is 253 g/mol. The predicted molar refractivity (Wildman–Crippen MR) is 67.4 cm³/mol. The van der Waals surface area contributed by atoms with Crippen LogP contribution < -0.4 is 10.5 Å². The van der Waals surface area contributed by atoms with Gasteiger partial charge in [-0.2, -0.15) is 9.36 Å². The highest BCUT2D eigenvalue weighted by Crippen LogP contribution is 2.39. The lowest BCUT2D eigenvalue weighted by molar-refractivity contribution is 0.173. The monoisotopic (exact) mass is 253 g/mol. The fraction of sp³-hybridized carbons (Fsp3) is 0.833. The van der Waals surface area contributed by atoms with Crippen LogP contribution in [0.1, 0.15) is 56.7 Å². The molecule has 2 aliphatic carbocycles. The van der Waals surface area contributed by atoms with Gasteiger partial charge in [0.1, 0.15) is 12.4 Å². The van der Waals surface area contributed by atoms with E-state index in [1.54, 1.807) is 0 Å². The van der Waals surface area contributed by atoms with Gasteiger partial charge in [-0.15, -0.1) is 0 Å². The van der Waals surface area contributed by atoms with Gasteiger partial charge in [0.25, 0.3) is 5.19 Å². The van der Waals surface area contributed by atoms with Gasteiger partial charge >= 0.3 is 0 Å².